The Morgan fingerprint density at radius 1 is 1.07 bits per heavy atom. The van der Waals surface area contributed by atoms with E-state index in [1.807, 2.05) is 18.3 Å². The van der Waals surface area contributed by atoms with E-state index in [1.165, 1.54) is 11.0 Å². The van der Waals surface area contributed by atoms with Gasteiger partial charge < -0.3 is 15.1 Å². The molecule has 29 heavy (non-hydrogen) atoms. The second-order valence-electron chi connectivity index (χ2n) is 6.53. The third-order valence-electron chi connectivity index (χ3n) is 4.63. The normalized spacial score (nSPS) is 14.1. The number of tetrazole rings is 1. The molecule has 4 heterocycles. The summed E-state index contributed by atoms with van der Waals surface area (Å²) in [5, 5.41) is 13.6. The van der Waals surface area contributed by atoms with Gasteiger partial charge >= 0.3 is 6.03 Å². The van der Waals surface area contributed by atoms with Crippen LogP contribution in [0.1, 0.15) is 5.56 Å². The molecular formula is C17H20N10O2. The fourth-order valence-corrected chi connectivity index (χ4v) is 3.05. The minimum atomic E-state index is -0.154. The van der Waals surface area contributed by atoms with E-state index in [-0.39, 0.29) is 18.5 Å². The Morgan fingerprint density at radius 2 is 1.90 bits per heavy atom. The molecule has 1 fully saturated rings. The van der Waals surface area contributed by atoms with E-state index in [9.17, 15) is 9.59 Å². The minimum absolute atomic E-state index is 0.0684. The van der Waals surface area contributed by atoms with Gasteiger partial charge in [-0.25, -0.2) is 19.4 Å². The van der Waals surface area contributed by atoms with Gasteiger partial charge in [-0.15, -0.1) is 5.10 Å². The van der Waals surface area contributed by atoms with Crippen LogP contribution in [0, 0.1) is 0 Å². The van der Waals surface area contributed by atoms with Crippen LogP contribution >= 0.6 is 0 Å². The fraction of sp³-hybridized carbons (Fsp3) is 0.353. The Labute approximate surface area is 166 Å². The van der Waals surface area contributed by atoms with Gasteiger partial charge in [0.2, 0.25) is 5.91 Å². The molecule has 0 unspecified atom stereocenters. The van der Waals surface area contributed by atoms with Crippen LogP contribution in [0.4, 0.5) is 4.79 Å². The average molecular weight is 396 g/mol. The van der Waals surface area contributed by atoms with Crippen molar-refractivity contribution >= 4 is 11.9 Å². The molecule has 0 aliphatic carbocycles. The predicted molar refractivity (Wildman–Crippen MR) is 99.6 cm³/mol. The maximum Gasteiger partial charge on any atom is 0.317 e. The Hall–Kier alpha value is -3.83. The van der Waals surface area contributed by atoms with Gasteiger partial charge in [-0.2, -0.15) is 0 Å². The van der Waals surface area contributed by atoms with Gasteiger partial charge in [-0.05, 0) is 28.1 Å². The van der Waals surface area contributed by atoms with Crippen molar-refractivity contribution in [3.63, 3.8) is 0 Å². The third kappa shape index (κ3) is 4.54. The van der Waals surface area contributed by atoms with Gasteiger partial charge in [0.05, 0.1) is 0 Å². The molecule has 4 rings (SSSR count). The zero-order valence-corrected chi connectivity index (χ0v) is 15.6. The molecule has 0 aromatic carbocycles. The smallest absolute Gasteiger partial charge is 0.317 e. The predicted octanol–water partition coefficient (Wildman–Crippen LogP) is -0.692. The molecule has 1 aliphatic heterocycles. The monoisotopic (exact) mass is 396 g/mol. The fourth-order valence-electron chi connectivity index (χ4n) is 3.05. The first-order valence-corrected chi connectivity index (χ1v) is 9.13. The summed E-state index contributed by atoms with van der Waals surface area (Å²) >= 11 is 0. The van der Waals surface area contributed by atoms with Crippen LogP contribution in [-0.2, 0) is 17.9 Å². The van der Waals surface area contributed by atoms with Gasteiger partial charge in [0.15, 0.2) is 0 Å². The summed E-state index contributed by atoms with van der Waals surface area (Å²) in [6.07, 6.45) is 8.27. The highest BCUT2D eigenvalue weighted by atomic mass is 16.2. The lowest BCUT2D eigenvalue weighted by Crippen LogP contribution is -2.53. The second-order valence-corrected chi connectivity index (χ2v) is 6.53. The molecule has 0 radical (unpaired) electrons. The Balaban J connectivity index is 1.25. The van der Waals surface area contributed by atoms with E-state index in [0.29, 0.717) is 32.7 Å². The van der Waals surface area contributed by atoms with Crippen LogP contribution < -0.4 is 5.32 Å². The number of piperazine rings is 1. The van der Waals surface area contributed by atoms with Gasteiger partial charge in [-0.3, -0.25) is 9.36 Å². The van der Waals surface area contributed by atoms with Crippen LogP contribution in [0.3, 0.4) is 0 Å². The van der Waals surface area contributed by atoms with E-state index in [0.717, 1.165) is 11.4 Å². The van der Waals surface area contributed by atoms with Crippen LogP contribution in [0.25, 0.3) is 5.82 Å². The Bertz CT molecular complexity index is 949. The molecule has 12 heteroatoms. The number of imidazole rings is 1. The molecule has 150 valence electrons. The zero-order valence-electron chi connectivity index (χ0n) is 15.6. The molecule has 0 spiro atoms. The average Bonchev–Trinajstić information content (AvgIpc) is 3.47. The Morgan fingerprint density at radius 3 is 2.62 bits per heavy atom. The number of aromatic nitrogens is 7. The molecule has 3 aromatic rings. The van der Waals surface area contributed by atoms with Crippen molar-refractivity contribution in [3.8, 4) is 5.82 Å². The number of urea groups is 1. The van der Waals surface area contributed by atoms with Crippen molar-refractivity contribution in [3.05, 3.63) is 48.9 Å². The molecule has 0 saturated carbocycles. The Kier molecular flexibility index (Phi) is 5.40. The van der Waals surface area contributed by atoms with Gasteiger partial charge in [0.1, 0.15) is 25.0 Å². The van der Waals surface area contributed by atoms with E-state index in [2.05, 4.69) is 30.8 Å². The number of rotatable bonds is 5. The van der Waals surface area contributed by atoms with Crippen LogP contribution in [0.5, 0.6) is 0 Å². The topological polar surface area (TPSA) is 127 Å². The largest absolute Gasteiger partial charge is 0.338 e. The highest BCUT2D eigenvalue weighted by molar-refractivity contribution is 5.77. The van der Waals surface area contributed by atoms with Crippen molar-refractivity contribution in [1.29, 1.82) is 0 Å². The van der Waals surface area contributed by atoms with Crippen LogP contribution in [0.15, 0.2) is 43.4 Å². The van der Waals surface area contributed by atoms with Crippen molar-refractivity contribution < 1.29 is 9.59 Å². The standard InChI is InChI=1S/C17H20N10O2/c28-16(11-27-13-21-22-23-27)24-5-7-25(8-6-24)17(29)20-10-14-1-2-19-15(9-14)26-4-3-18-12-26/h1-4,9,12-13H,5-8,10-11H2,(H,20,29). The lowest BCUT2D eigenvalue weighted by Gasteiger charge is -2.34. The lowest BCUT2D eigenvalue weighted by atomic mass is 10.2. The van der Waals surface area contributed by atoms with Gasteiger partial charge in [0.25, 0.3) is 0 Å². The summed E-state index contributed by atoms with van der Waals surface area (Å²) in [4.78, 5) is 36.5. The molecule has 1 N–H and O–H groups in total. The first-order valence-electron chi connectivity index (χ1n) is 9.13. The second kappa shape index (κ2) is 8.46. The van der Waals surface area contributed by atoms with Crippen LogP contribution in [-0.4, -0.2) is 82.7 Å². The van der Waals surface area contributed by atoms with Gasteiger partial charge in [0, 0.05) is 51.3 Å². The maximum atomic E-state index is 12.5. The van der Waals surface area contributed by atoms with E-state index in [4.69, 9.17) is 0 Å². The van der Waals surface area contributed by atoms with Crippen molar-refractivity contribution in [2.45, 2.75) is 13.1 Å². The van der Waals surface area contributed by atoms with E-state index < -0.39 is 0 Å². The number of hydrogen-bond donors (Lipinski definition) is 1. The zero-order chi connectivity index (χ0) is 20.1. The minimum Gasteiger partial charge on any atom is -0.338 e. The highest BCUT2D eigenvalue weighted by Crippen LogP contribution is 2.08. The molecule has 1 saturated heterocycles. The van der Waals surface area contributed by atoms with E-state index >= 15 is 0 Å². The molecule has 0 atom stereocenters. The summed E-state index contributed by atoms with van der Waals surface area (Å²) in [7, 11) is 0. The molecule has 1 aliphatic rings. The number of amides is 3. The molecule has 0 bridgehead atoms. The number of pyridine rings is 1. The summed E-state index contributed by atoms with van der Waals surface area (Å²) in [6, 6.07) is 3.60. The molecular weight excluding hydrogens is 376 g/mol. The summed E-state index contributed by atoms with van der Waals surface area (Å²) in [5.74, 6) is 0.671. The number of nitrogens with zero attached hydrogens (tertiary/aromatic N) is 9. The SMILES string of the molecule is O=C(Cn1cnnn1)N1CCN(C(=O)NCc2ccnc(-n3ccnc3)c2)CC1. The molecule has 3 amide bonds. The van der Waals surface area contributed by atoms with E-state index in [1.54, 1.807) is 33.1 Å². The molecule has 3 aromatic heterocycles. The third-order valence-corrected chi connectivity index (χ3v) is 4.63. The molecule has 12 nitrogen and oxygen atoms in total. The number of carbonyl (C=O) groups excluding carboxylic acids is 2. The summed E-state index contributed by atoms with van der Waals surface area (Å²) in [5.41, 5.74) is 0.937. The number of nitrogens with one attached hydrogen (secondary N) is 1. The first kappa shape index (κ1) is 18.5. The van der Waals surface area contributed by atoms with Crippen molar-refractivity contribution in [2.24, 2.45) is 0 Å². The quantitative estimate of drug-likeness (QED) is 0.605. The van der Waals surface area contributed by atoms with Gasteiger partial charge in [-0.1, -0.05) is 0 Å². The number of hydrogen-bond acceptors (Lipinski definition) is 7. The van der Waals surface area contributed by atoms with Crippen LogP contribution in [0.2, 0.25) is 0 Å². The highest BCUT2D eigenvalue weighted by Gasteiger charge is 2.24. The lowest BCUT2D eigenvalue weighted by molar-refractivity contribution is -0.133. The van der Waals surface area contributed by atoms with Crippen molar-refractivity contribution in [1.82, 2.24) is 49.9 Å². The maximum absolute atomic E-state index is 12.5. The van der Waals surface area contributed by atoms with Crippen molar-refractivity contribution in [2.75, 3.05) is 26.2 Å². The summed E-state index contributed by atoms with van der Waals surface area (Å²) in [6.45, 7) is 2.40. The summed E-state index contributed by atoms with van der Waals surface area (Å²) < 4.78 is 3.19. The first-order chi connectivity index (χ1) is 14.2. The number of carbonyl (C=O) groups is 2.